The molecule has 0 rings (SSSR count). The summed E-state index contributed by atoms with van der Waals surface area (Å²) in [5.41, 5.74) is 0. The van der Waals surface area contributed by atoms with Crippen LogP contribution >= 0.6 is 0 Å². The molecule has 0 unspecified atom stereocenters. The maximum absolute atomic E-state index is 10.2. The van der Waals surface area contributed by atoms with E-state index in [9.17, 15) is 4.79 Å². The summed E-state index contributed by atoms with van der Waals surface area (Å²) in [6.45, 7) is 10.0. The zero-order chi connectivity index (χ0) is 11.9. The summed E-state index contributed by atoms with van der Waals surface area (Å²) in [4.78, 5) is 10.2. The van der Waals surface area contributed by atoms with Gasteiger partial charge >= 0.3 is 0 Å². The van der Waals surface area contributed by atoms with Crippen LogP contribution in [0.2, 0.25) is 0 Å². The van der Waals surface area contributed by atoms with Gasteiger partial charge in [0.15, 0.2) is 0 Å². The third kappa shape index (κ3) is 19.9. The molecular weight excluding hydrogens is 188 g/mol. The van der Waals surface area contributed by atoms with Crippen molar-refractivity contribution in [2.75, 3.05) is 13.2 Å². The van der Waals surface area contributed by atoms with Crippen molar-refractivity contribution in [1.29, 1.82) is 0 Å². The predicted molar refractivity (Wildman–Crippen MR) is 66.2 cm³/mol. The van der Waals surface area contributed by atoms with Gasteiger partial charge in [0.1, 0.15) is 5.78 Å². The Kier molecular flexibility index (Phi) is 18.3. The number of ketones is 1. The number of ether oxygens (including phenoxy) is 1. The van der Waals surface area contributed by atoms with Gasteiger partial charge in [-0.05, 0) is 12.8 Å². The fourth-order valence-corrected chi connectivity index (χ4v) is 0.845. The summed E-state index contributed by atoms with van der Waals surface area (Å²) < 4.78 is 5.31. The summed E-state index contributed by atoms with van der Waals surface area (Å²) >= 11 is 0. The number of Topliss-reactive ketones (excluding diaryl/α,β-unsaturated/α-hetero) is 1. The monoisotopic (exact) mass is 216 g/mol. The molecule has 0 aromatic heterocycles. The fourth-order valence-electron chi connectivity index (χ4n) is 0.845. The highest BCUT2D eigenvalue weighted by Crippen LogP contribution is 1.91. The Hall–Kier alpha value is -0.370. The van der Waals surface area contributed by atoms with Crippen LogP contribution in [0.4, 0.5) is 0 Å². The van der Waals surface area contributed by atoms with E-state index >= 15 is 0 Å². The standard InChI is InChI=1S/C8H18O.C5H10O/c1-3-5-7-9-8-6-4-2;1-3-5(6)4-2/h3-8H2,1-2H3;3-4H2,1-2H3. The SMILES string of the molecule is CCC(=O)CC.CCCCOCCCC. The molecule has 0 aliphatic carbocycles. The molecule has 0 heterocycles. The van der Waals surface area contributed by atoms with Crippen LogP contribution in [0.5, 0.6) is 0 Å². The second-order valence-electron chi connectivity index (χ2n) is 3.57. The Labute approximate surface area is 95.4 Å². The molecule has 0 aromatic rings. The Morgan fingerprint density at radius 2 is 1.27 bits per heavy atom. The van der Waals surface area contributed by atoms with Crippen molar-refractivity contribution < 1.29 is 9.53 Å². The molecule has 15 heavy (non-hydrogen) atoms. The summed E-state index contributed by atoms with van der Waals surface area (Å²) in [6.07, 6.45) is 6.29. The molecule has 0 aromatic carbocycles. The minimum Gasteiger partial charge on any atom is -0.381 e. The normalized spacial score (nSPS) is 9.33. The molecule has 0 spiro atoms. The first-order valence-electron chi connectivity index (χ1n) is 6.32. The molecule has 0 saturated carbocycles. The van der Waals surface area contributed by atoms with E-state index < -0.39 is 0 Å². The van der Waals surface area contributed by atoms with Gasteiger partial charge in [0.25, 0.3) is 0 Å². The van der Waals surface area contributed by atoms with Crippen LogP contribution in [0.1, 0.15) is 66.2 Å². The first-order valence-corrected chi connectivity index (χ1v) is 6.32. The molecule has 0 amide bonds. The average Bonchev–Trinajstić information content (AvgIpc) is 2.29. The van der Waals surface area contributed by atoms with Gasteiger partial charge in [0.05, 0.1) is 0 Å². The fraction of sp³-hybridized carbons (Fsp3) is 0.923. The summed E-state index contributed by atoms with van der Waals surface area (Å²) in [5, 5.41) is 0. The van der Waals surface area contributed by atoms with Gasteiger partial charge in [-0.1, -0.05) is 40.5 Å². The minimum atomic E-state index is 0.343. The summed E-state index contributed by atoms with van der Waals surface area (Å²) in [6, 6.07) is 0. The van der Waals surface area contributed by atoms with Gasteiger partial charge in [0.2, 0.25) is 0 Å². The van der Waals surface area contributed by atoms with Crippen molar-refractivity contribution in [3.63, 3.8) is 0 Å². The molecule has 0 aliphatic rings. The molecule has 0 fully saturated rings. The lowest BCUT2D eigenvalue weighted by Crippen LogP contribution is -1.95. The highest BCUT2D eigenvalue weighted by atomic mass is 16.5. The van der Waals surface area contributed by atoms with E-state index in [4.69, 9.17) is 4.74 Å². The summed E-state index contributed by atoms with van der Waals surface area (Å²) in [7, 11) is 0. The van der Waals surface area contributed by atoms with Crippen molar-refractivity contribution >= 4 is 5.78 Å². The molecule has 92 valence electrons. The number of hydrogen-bond donors (Lipinski definition) is 0. The molecule has 0 aliphatic heterocycles. The molecule has 0 bridgehead atoms. The second kappa shape index (κ2) is 16.1. The number of unbranched alkanes of at least 4 members (excludes halogenated alkanes) is 2. The molecule has 2 nitrogen and oxygen atoms in total. The van der Waals surface area contributed by atoms with Crippen LogP contribution in [0.15, 0.2) is 0 Å². The zero-order valence-corrected chi connectivity index (χ0v) is 11.0. The third-order valence-corrected chi connectivity index (χ3v) is 2.07. The number of hydrogen-bond acceptors (Lipinski definition) is 2. The molecule has 0 radical (unpaired) electrons. The van der Waals surface area contributed by atoms with Crippen molar-refractivity contribution in [3.8, 4) is 0 Å². The Balaban J connectivity index is 0. The highest BCUT2D eigenvalue weighted by molar-refractivity contribution is 5.77. The Morgan fingerprint density at radius 3 is 1.47 bits per heavy atom. The van der Waals surface area contributed by atoms with Crippen LogP contribution in [-0.4, -0.2) is 19.0 Å². The van der Waals surface area contributed by atoms with Crippen LogP contribution in [0.3, 0.4) is 0 Å². The van der Waals surface area contributed by atoms with Crippen LogP contribution < -0.4 is 0 Å². The lowest BCUT2D eigenvalue weighted by Gasteiger charge is -1.99. The van der Waals surface area contributed by atoms with E-state index in [2.05, 4.69) is 13.8 Å². The van der Waals surface area contributed by atoms with Crippen molar-refractivity contribution in [2.24, 2.45) is 0 Å². The van der Waals surface area contributed by atoms with E-state index in [0.717, 1.165) is 13.2 Å². The van der Waals surface area contributed by atoms with Crippen molar-refractivity contribution in [1.82, 2.24) is 0 Å². The van der Waals surface area contributed by atoms with Gasteiger partial charge in [-0.2, -0.15) is 0 Å². The molecular formula is C13H28O2. The highest BCUT2D eigenvalue weighted by Gasteiger charge is 1.86. The quantitative estimate of drug-likeness (QED) is 0.574. The first kappa shape index (κ1) is 17.0. The van der Waals surface area contributed by atoms with E-state index in [1.807, 2.05) is 13.8 Å². The largest absolute Gasteiger partial charge is 0.381 e. The smallest absolute Gasteiger partial charge is 0.132 e. The molecule has 0 atom stereocenters. The maximum atomic E-state index is 10.2. The Bertz CT molecular complexity index is 110. The van der Waals surface area contributed by atoms with Gasteiger partial charge in [-0.25, -0.2) is 0 Å². The van der Waals surface area contributed by atoms with Gasteiger partial charge < -0.3 is 4.74 Å². The van der Waals surface area contributed by atoms with E-state index in [-0.39, 0.29) is 0 Å². The Morgan fingerprint density at radius 1 is 0.867 bits per heavy atom. The predicted octanol–water partition coefficient (Wildman–Crippen LogP) is 3.98. The van der Waals surface area contributed by atoms with E-state index in [0.29, 0.717) is 18.6 Å². The van der Waals surface area contributed by atoms with Crippen LogP contribution in [0.25, 0.3) is 0 Å². The van der Waals surface area contributed by atoms with Gasteiger partial charge in [-0.15, -0.1) is 0 Å². The van der Waals surface area contributed by atoms with E-state index in [1.165, 1.54) is 25.7 Å². The van der Waals surface area contributed by atoms with Gasteiger partial charge in [-0.3, -0.25) is 4.79 Å². The molecule has 2 heteroatoms. The maximum Gasteiger partial charge on any atom is 0.132 e. The number of carbonyl (C=O) groups excluding carboxylic acids is 1. The second-order valence-corrected chi connectivity index (χ2v) is 3.57. The van der Waals surface area contributed by atoms with E-state index in [1.54, 1.807) is 0 Å². The topological polar surface area (TPSA) is 26.3 Å². The summed E-state index contributed by atoms with van der Waals surface area (Å²) in [5.74, 6) is 0.343. The van der Waals surface area contributed by atoms with Crippen LogP contribution in [-0.2, 0) is 9.53 Å². The zero-order valence-electron chi connectivity index (χ0n) is 11.0. The van der Waals surface area contributed by atoms with Crippen LogP contribution in [0, 0.1) is 0 Å². The average molecular weight is 216 g/mol. The molecule has 0 N–H and O–H groups in total. The van der Waals surface area contributed by atoms with Crippen molar-refractivity contribution in [2.45, 2.75) is 66.2 Å². The third-order valence-electron chi connectivity index (χ3n) is 2.07. The van der Waals surface area contributed by atoms with Crippen molar-refractivity contribution in [3.05, 3.63) is 0 Å². The minimum absolute atomic E-state index is 0.343. The lowest BCUT2D eigenvalue weighted by atomic mass is 10.3. The number of rotatable bonds is 8. The molecule has 0 saturated heterocycles. The first-order chi connectivity index (χ1) is 7.22. The van der Waals surface area contributed by atoms with Gasteiger partial charge in [0, 0.05) is 26.1 Å². The lowest BCUT2D eigenvalue weighted by molar-refractivity contribution is -0.118. The number of carbonyl (C=O) groups is 1.